The first-order chi connectivity index (χ1) is 11.0. The Morgan fingerprint density at radius 1 is 1.09 bits per heavy atom. The Hall–Kier alpha value is -2.54. The molecule has 0 saturated heterocycles. The molecule has 0 fully saturated rings. The standard InChI is InChI=1S/C15H9ClF3N3O/c1-23-14-9(18)4-7(13-10(14)15(20)22-5-21-13)6-2-3-8(17)11(16)12(6)19/h2-5H,1H3,(H2,20,21,22). The monoisotopic (exact) mass is 339 g/mol. The third kappa shape index (κ3) is 2.33. The SMILES string of the molecule is COc1c(F)cc(-c2ccc(F)c(Cl)c2F)c2ncnc(N)c12. The maximum Gasteiger partial charge on any atom is 0.167 e. The van der Waals surface area contributed by atoms with Gasteiger partial charge in [-0.05, 0) is 18.2 Å². The van der Waals surface area contributed by atoms with E-state index in [1.807, 2.05) is 0 Å². The highest BCUT2D eigenvalue weighted by atomic mass is 35.5. The van der Waals surface area contributed by atoms with Crippen molar-refractivity contribution in [2.24, 2.45) is 0 Å². The Labute approximate surface area is 133 Å². The Bertz CT molecular complexity index is 934. The predicted molar refractivity (Wildman–Crippen MR) is 80.8 cm³/mol. The highest BCUT2D eigenvalue weighted by Crippen LogP contribution is 2.39. The number of anilines is 1. The van der Waals surface area contributed by atoms with E-state index >= 15 is 0 Å². The minimum absolute atomic E-state index is 0.0267. The summed E-state index contributed by atoms with van der Waals surface area (Å²) in [5, 5.41) is -0.584. The van der Waals surface area contributed by atoms with Gasteiger partial charge in [0.1, 0.15) is 23.0 Å². The van der Waals surface area contributed by atoms with E-state index in [0.29, 0.717) is 0 Å². The number of hydrogen-bond donors (Lipinski definition) is 1. The topological polar surface area (TPSA) is 61.0 Å². The number of rotatable bonds is 2. The molecule has 1 aromatic heterocycles. The van der Waals surface area contributed by atoms with Crippen LogP contribution in [0.2, 0.25) is 5.02 Å². The van der Waals surface area contributed by atoms with E-state index in [1.165, 1.54) is 7.11 Å². The number of nitrogens with zero attached hydrogens (tertiary/aromatic N) is 2. The second kappa shape index (κ2) is 5.58. The molecule has 23 heavy (non-hydrogen) atoms. The molecular formula is C15H9ClF3N3O. The summed E-state index contributed by atoms with van der Waals surface area (Å²) in [7, 11) is 1.26. The van der Waals surface area contributed by atoms with E-state index in [9.17, 15) is 13.2 Å². The zero-order valence-corrected chi connectivity index (χ0v) is 12.5. The Morgan fingerprint density at radius 3 is 2.52 bits per heavy atom. The molecule has 2 N–H and O–H groups in total. The van der Waals surface area contributed by atoms with Crippen molar-refractivity contribution in [2.45, 2.75) is 0 Å². The first kappa shape index (κ1) is 15.4. The van der Waals surface area contributed by atoms with E-state index in [4.69, 9.17) is 22.1 Å². The number of halogens is 4. The predicted octanol–water partition coefficient (Wildman–Crippen LogP) is 3.96. The van der Waals surface area contributed by atoms with Gasteiger partial charge in [-0.15, -0.1) is 0 Å². The zero-order valence-electron chi connectivity index (χ0n) is 11.7. The molecule has 3 rings (SSSR count). The van der Waals surface area contributed by atoms with Crippen molar-refractivity contribution in [1.29, 1.82) is 0 Å². The number of nitrogens with two attached hydrogens (primary N) is 1. The Balaban J connectivity index is 2.45. The molecule has 0 unspecified atom stereocenters. The van der Waals surface area contributed by atoms with Gasteiger partial charge < -0.3 is 10.5 Å². The fraction of sp³-hybridized carbons (Fsp3) is 0.0667. The zero-order chi connectivity index (χ0) is 16.7. The lowest BCUT2D eigenvalue weighted by molar-refractivity contribution is 0.392. The lowest BCUT2D eigenvalue weighted by Crippen LogP contribution is -2.01. The minimum Gasteiger partial charge on any atom is -0.493 e. The molecule has 0 aliphatic carbocycles. The summed E-state index contributed by atoms with van der Waals surface area (Å²) < 4.78 is 46.9. The lowest BCUT2D eigenvalue weighted by atomic mass is 10.0. The maximum absolute atomic E-state index is 14.3. The summed E-state index contributed by atoms with van der Waals surface area (Å²) in [5.41, 5.74) is 5.88. The number of aromatic nitrogens is 2. The van der Waals surface area contributed by atoms with Crippen LogP contribution in [0.5, 0.6) is 5.75 Å². The van der Waals surface area contributed by atoms with E-state index in [0.717, 1.165) is 24.5 Å². The number of methoxy groups -OCH3 is 1. The van der Waals surface area contributed by atoms with Crippen molar-refractivity contribution in [3.8, 4) is 16.9 Å². The number of nitrogen functional groups attached to an aromatic ring is 1. The van der Waals surface area contributed by atoms with E-state index < -0.39 is 22.5 Å². The minimum atomic E-state index is -1.02. The van der Waals surface area contributed by atoms with Crippen molar-refractivity contribution in [3.63, 3.8) is 0 Å². The normalized spacial score (nSPS) is 11.0. The van der Waals surface area contributed by atoms with Crippen LogP contribution in [0.3, 0.4) is 0 Å². The van der Waals surface area contributed by atoms with Crippen molar-refractivity contribution in [3.05, 3.63) is 47.0 Å². The number of fused-ring (bicyclic) bond motifs is 1. The molecule has 8 heteroatoms. The fourth-order valence-electron chi connectivity index (χ4n) is 2.35. The van der Waals surface area contributed by atoms with Crippen LogP contribution in [0.15, 0.2) is 24.5 Å². The van der Waals surface area contributed by atoms with Crippen LogP contribution in [0.1, 0.15) is 0 Å². The molecule has 2 aromatic carbocycles. The first-order valence-electron chi connectivity index (χ1n) is 6.36. The third-order valence-corrected chi connectivity index (χ3v) is 3.72. The Morgan fingerprint density at radius 2 is 1.83 bits per heavy atom. The molecule has 3 aromatic rings. The molecule has 1 heterocycles. The molecule has 0 radical (unpaired) electrons. The first-order valence-corrected chi connectivity index (χ1v) is 6.74. The number of ether oxygens (including phenoxy) is 1. The summed E-state index contributed by atoms with van der Waals surface area (Å²) in [6.45, 7) is 0. The van der Waals surface area contributed by atoms with Crippen LogP contribution < -0.4 is 10.5 Å². The third-order valence-electron chi connectivity index (χ3n) is 3.38. The molecule has 0 spiro atoms. The maximum atomic E-state index is 14.3. The van der Waals surface area contributed by atoms with Crippen molar-refractivity contribution in [1.82, 2.24) is 9.97 Å². The van der Waals surface area contributed by atoms with E-state index in [-0.39, 0.29) is 33.6 Å². The average Bonchev–Trinajstić information content (AvgIpc) is 2.53. The van der Waals surface area contributed by atoms with Gasteiger partial charge in [-0.2, -0.15) is 0 Å². The highest BCUT2D eigenvalue weighted by Gasteiger charge is 2.21. The van der Waals surface area contributed by atoms with Crippen molar-refractivity contribution < 1.29 is 17.9 Å². The van der Waals surface area contributed by atoms with Crippen LogP contribution in [-0.2, 0) is 0 Å². The van der Waals surface area contributed by atoms with E-state index in [2.05, 4.69) is 9.97 Å². The van der Waals surface area contributed by atoms with Crippen molar-refractivity contribution >= 4 is 28.3 Å². The summed E-state index contributed by atoms with van der Waals surface area (Å²) in [6.07, 6.45) is 1.15. The Kier molecular flexibility index (Phi) is 3.73. The van der Waals surface area contributed by atoms with Crippen molar-refractivity contribution in [2.75, 3.05) is 12.8 Å². The molecule has 118 valence electrons. The smallest absolute Gasteiger partial charge is 0.167 e. The molecule has 0 amide bonds. The summed E-state index contributed by atoms with van der Waals surface area (Å²) in [5.74, 6) is -2.90. The van der Waals surface area contributed by atoms with Crippen LogP contribution in [0, 0.1) is 17.5 Å². The second-order valence-electron chi connectivity index (χ2n) is 4.64. The van der Waals surface area contributed by atoms with Gasteiger partial charge in [0.15, 0.2) is 17.4 Å². The van der Waals surface area contributed by atoms with Crippen LogP contribution in [0.25, 0.3) is 22.0 Å². The lowest BCUT2D eigenvalue weighted by Gasteiger charge is -2.13. The molecular weight excluding hydrogens is 331 g/mol. The van der Waals surface area contributed by atoms with Gasteiger partial charge in [-0.25, -0.2) is 23.1 Å². The summed E-state index contributed by atoms with van der Waals surface area (Å²) in [4.78, 5) is 7.81. The van der Waals surface area contributed by atoms with Gasteiger partial charge in [-0.3, -0.25) is 0 Å². The highest BCUT2D eigenvalue weighted by molar-refractivity contribution is 6.31. The summed E-state index contributed by atoms with van der Waals surface area (Å²) >= 11 is 5.59. The summed E-state index contributed by atoms with van der Waals surface area (Å²) in [6, 6.07) is 3.16. The second-order valence-corrected chi connectivity index (χ2v) is 5.02. The number of hydrogen-bond acceptors (Lipinski definition) is 4. The molecule has 0 saturated carbocycles. The van der Waals surface area contributed by atoms with Gasteiger partial charge in [-0.1, -0.05) is 11.6 Å². The van der Waals surface area contributed by atoms with Gasteiger partial charge in [0.05, 0.1) is 18.0 Å². The van der Waals surface area contributed by atoms with Gasteiger partial charge >= 0.3 is 0 Å². The van der Waals surface area contributed by atoms with Gasteiger partial charge in [0.25, 0.3) is 0 Å². The average molecular weight is 340 g/mol. The largest absolute Gasteiger partial charge is 0.493 e. The molecule has 0 bridgehead atoms. The molecule has 4 nitrogen and oxygen atoms in total. The molecule has 0 atom stereocenters. The van der Waals surface area contributed by atoms with Crippen LogP contribution in [0.4, 0.5) is 19.0 Å². The fourth-order valence-corrected chi connectivity index (χ4v) is 2.51. The van der Waals surface area contributed by atoms with Gasteiger partial charge in [0, 0.05) is 11.1 Å². The number of benzene rings is 2. The van der Waals surface area contributed by atoms with Crippen LogP contribution in [-0.4, -0.2) is 17.1 Å². The van der Waals surface area contributed by atoms with Crippen LogP contribution >= 0.6 is 11.6 Å². The molecule has 0 aliphatic rings. The van der Waals surface area contributed by atoms with E-state index in [1.54, 1.807) is 0 Å². The quantitative estimate of drug-likeness (QED) is 0.718. The molecule has 0 aliphatic heterocycles. The van der Waals surface area contributed by atoms with Gasteiger partial charge in [0.2, 0.25) is 0 Å².